The highest BCUT2D eigenvalue weighted by atomic mass is 16.5. The van der Waals surface area contributed by atoms with Gasteiger partial charge in [-0.25, -0.2) is 9.59 Å². The molecule has 0 aliphatic heterocycles. The summed E-state index contributed by atoms with van der Waals surface area (Å²) in [7, 11) is 0. The Morgan fingerprint density at radius 2 is 1.85 bits per heavy atom. The maximum Gasteiger partial charge on any atom is 0.405 e. The van der Waals surface area contributed by atoms with Crippen molar-refractivity contribution in [2.75, 3.05) is 6.54 Å². The van der Waals surface area contributed by atoms with Crippen molar-refractivity contribution in [2.24, 2.45) is 0 Å². The number of benzene rings is 1. The second-order valence-corrected chi connectivity index (χ2v) is 5.76. The molecule has 1 unspecified atom stereocenters. The minimum atomic E-state index is -1.18. The van der Waals surface area contributed by atoms with E-state index in [0.29, 0.717) is 38.1 Å². The number of nitrogens with one attached hydrogen (secondary N) is 2. The van der Waals surface area contributed by atoms with Gasteiger partial charge in [-0.15, -0.1) is 0 Å². The van der Waals surface area contributed by atoms with Crippen LogP contribution < -0.4 is 10.6 Å². The van der Waals surface area contributed by atoms with Crippen LogP contribution in [0.2, 0.25) is 0 Å². The molecule has 4 N–H and O–H groups in total. The van der Waals surface area contributed by atoms with Crippen molar-refractivity contribution in [1.82, 2.24) is 20.8 Å². The zero-order chi connectivity index (χ0) is 18.8. The molecule has 0 saturated heterocycles. The van der Waals surface area contributed by atoms with Crippen LogP contribution in [0.25, 0.3) is 0 Å². The van der Waals surface area contributed by atoms with Gasteiger partial charge in [0.2, 0.25) is 5.89 Å². The molecule has 26 heavy (non-hydrogen) atoms. The van der Waals surface area contributed by atoms with Gasteiger partial charge in [0.25, 0.3) is 0 Å². The zero-order valence-corrected chi connectivity index (χ0v) is 14.2. The zero-order valence-electron chi connectivity index (χ0n) is 14.2. The molecule has 0 spiro atoms. The van der Waals surface area contributed by atoms with Crippen LogP contribution in [0.1, 0.15) is 42.6 Å². The SMILES string of the molecule is O=C(O)NCCCCC(NC(=O)O)c1nc(CCc2ccccc2)no1. The molecule has 0 fully saturated rings. The summed E-state index contributed by atoms with van der Waals surface area (Å²) in [6, 6.07) is 9.29. The third-order valence-electron chi connectivity index (χ3n) is 3.76. The van der Waals surface area contributed by atoms with Gasteiger partial charge in [0.05, 0.1) is 0 Å². The number of rotatable bonds is 10. The highest BCUT2D eigenvalue weighted by Gasteiger charge is 2.20. The summed E-state index contributed by atoms with van der Waals surface area (Å²) in [6.07, 6.45) is 0.723. The van der Waals surface area contributed by atoms with Gasteiger partial charge < -0.3 is 25.4 Å². The van der Waals surface area contributed by atoms with Gasteiger partial charge in [0.15, 0.2) is 5.82 Å². The van der Waals surface area contributed by atoms with Gasteiger partial charge in [-0.2, -0.15) is 4.98 Å². The van der Waals surface area contributed by atoms with Crippen LogP contribution in [0, 0.1) is 0 Å². The van der Waals surface area contributed by atoms with Crippen LogP contribution in [-0.2, 0) is 12.8 Å². The summed E-state index contributed by atoms with van der Waals surface area (Å²) in [5.41, 5.74) is 1.16. The molecule has 1 aromatic heterocycles. The predicted octanol–water partition coefficient (Wildman–Crippen LogP) is 2.60. The van der Waals surface area contributed by atoms with E-state index < -0.39 is 18.2 Å². The van der Waals surface area contributed by atoms with Crippen LogP contribution in [0.15, 0.2) is 34.9 Å². The Kier molecular flexibility index (Phi) is 7.41. The quantitative estimate of drug-likeness (QED) is 0.477. The smallest absolute Gasteiger partial charge is 0.405 e. The van der Waals surface area contributed by atoms with Crippen molar-refractivity contribution < 1.29 is 24.3 Å². The van der Waals surface area contributed by atoms with Gasteiger partial charge in [-0.3, -0.25) is 0 Å². The molecule has 1 heterocycles. The van der Waals surface area contributed by atoms with Gasteiger partial charge in [-0.1, -0.05) is 35.5 Å². The van der Waals surface area contributed by atoms with Crippen LogP contribution in [-0.4, -0.2) is 39.1 Å². The Labute approximate surface area is 150 Å². The lowest BCUT2D eigenvalue weighted by molar-refractivity contribution is 0.184. The number of hydrogen-bond donors (Lipinski definition) is 4. The Bertz CT molecular complexity index is 704. The maximum absolute atomic E-state index is 11.0. The second kappa shape index (κ2) is 10.0. The third-order valence-corrected chi connectivity index (χ3v) is 3.76. The number of aromatic nitrogens is 2. The number of unbranched alkanes of at least 4 members (excludes halogenated alkanes) is 1. The van der Waals surface area contributed by atoms with E-state index in [1.165, 1.54) is 0 Å². The Hall–Kier alpha value is -3.10. The van der Waals surface area contributed by atoms with Gasteiger partial charge in [-0.05, 0) is 31.2 Å². The summed E-state index contributed by atoms with van der Waals surface area (Å²) in [5, 5.41) is 26.1. The van der Waals surface area contributed by atoms with E-state index >= 15 is 0 Å². The minimum Gasteiger partial charge on any atom is -0.465 e. The van der Waals surface area contributed by atoms with Crippen LogP contribution in [0.3, 0.4) is 0 Å². The number of amides is 2. The fourth-order valence-electron chi connectivity index (χ4n) is 2.49. The largest absolute Gasteiger partial charge is 0.465 e. The summed E-state index contributed by atoms with van der Waals surface area (Å²) in [4.78, 5) is 25.7. The molecule has 140 valence electrons. The molecule has 0 aliphatic rings. The average Bonchev–Trinajstić information content (AvgIpc) is 3.08. The number of carbonyl (C=O) groups is 2. The second-order valence-electron chi connectivity index (χ2n) is 5.76. The Morgan fingerprint density at radius 3 is 2.54 bits per heavy atom. The first-order valence-electron chi connectivity index (χ1n) is 8.37. The molecular formula is C17H22N4O5. The van der Waals surface area contributed by atoms with Crippen molar-refractivity contribution in [3.05, 3.63) is 47.6 Å². The van der Waals surface area contributed by atoms with Crippen molar-refractivity contribution in [2.45, 2.75) is 38.1 Å². The summed E-state index contributed by atoms with van der Waals surface area (Å²) < 4.78 is 5.21. The lowest BCUT2D eigenvalue weighted by atomic mass is 10.1. The minimum absolute atomic E-state index is 0.224. The highest BCUT2D eigenvalue weighted by Crippen LogP contribution is 2.18. The Morgan fingerprint density at radius 1 is 1.08 bits per heavy atom. The standard InChI is InChI=1S/C17H22N4O5/c22-16(23)18-11-5-4-8-13(19-17(24)25)15-20-14(21-26-15)10-9-12-6-2-1-3-7-12/h1-3,6-7,13,18-19H,4-5,8-11H2,(H,22,23)(H,24,25). The number of hydrogen-bond acceptors (Lipinski definition) is 5. The first-order chi connectivity index (χ1) is 12.5. The molecule has 0 saturated carbocycles. The molecule has 1 aromatic carbocycles. The van der Waals surface area contributed by atoms with E-state index in [0.717, 1.165) is 12.0 Å². The lowest BCUT2D eigenvalue weighted by Crippen LogP contribution is -2.27. The number of nitrogens with zero attached hydrogens (tertiary/aromatic N) is 2. The molecule has 9 nitrogen and oxygen atoms in total. The van der Waals surface area contributed by atoms with Crippen molar-refractivity contribution in [3.63, 3.8) is 0 Å². The topological polar surface area (TPSA) is 138 Å². The number of aryl methyl sites for hydroxylation is 2. The fraction of sp³-hybridized carbons (Fsp3) is 0.412. The van der Waals surface area contributed by atoms with Gasteiger partial charge >= 0.3 is 12.2 Å². The van der Waals surface area contributed by atoms with Crippen molar-refractivity contribution in [3.8, 4) is 0 Å². The molecular weight excluding hydrogens is 340 g/mol. The summed E-state index contributed by atoms with van der Waals surface area (Å²) in [5.74, 6) is 0.746. The van der Waals surface area contributed by atoms with E-state index in [1.54, 1.807) is 0 Å². The summed E-state index contributed by atoms with van der Waals surface area (Å²) in [6.45, 7) is 0.307. The molecule has 9 heteroatoms. The lowest BCUT2D eigenvalue weighted by Gasteiger charge is -2.12. The fourth-order valence-corrected chi connectivity index (χ4v) is 2.49. The van der Waals surface area contributed by atoms with Crippen molar-refractivity contribution >= 4 is 12.2 Å². The Balaban J connectivity index is 1.87. The molecule has 0 radical (unpaired) electrons. The van der Waals surface area contributed by atoms with E-state index in [9.17, 15) is 9.59 Å². The van der Waals surface area contributed by atoms with E-state index in [-0.39, 0.29) is 5.89 Å². The summed E-state index contributed by atoms with van der Waals surface area (Å²) >= 11 is 0. The molecule has 0 aliphatic carbocycles. The normalized spacial score (nSPS) is 11.7. The van der Waals surface area contributed by atoms with E-state index in [2.05, 4.69) is 20.8 Å². The maximum atomic E-state index is 11.0. The first-order valence-corrected chi connectivity index (χ1v) is 8.37. The molecule has 2 aromatic rings. The molecule has 1 atom stereocenters. The average molecular weight is 362 g/mol. The van der Waals surface area contributed by atoms with Gasteiger partial charge in [0.1, 0.15) is 6.04 Å². The third kappa shape index (κ3) is 6.80. The molecule has 0 bridgehead atoms. The first kappa shape index (κ1) is 19.2. The monoisotopic (exact) mass is 362 g/mol. The molecule has 2 rings (SSSR count). The van der Waals surface area contributed by atoms with Gasteiger partial charge in [0, 0.05) is 13.0 Å². The molecule has 2 amide bonds. The van der Waals surface area contributed by atoms with E-state index in [1.807, 2.05) is 30.3 Å². The number of carboxylic acid groups (broad SMARTS) is 2. The highest BCUT2D eigenvalue weighted by molar-refractivity contribution is 5.65. The van der Waals surface area contributed by atoms with Crippen LogP contribution in [0.5, 0.6) is 0 Å². The van der Waals surface area contributed by atoms with Crippen molar-refractivity contribution in [1.29, 1.82) is 0 Å². The van der Waals surface area contributed by atoms with Crippen LogP contribution >= 0.6 is 0 Å². The van der Waals surface area contributed by atoms with E-state index in [4.69, 9.17) is 14.7 Å². The predicted molar refractivity (Wildman–Crippen MR) is 91.9 cm³/mol. The van der Waals surface area contributed by atoms with Crippen LogP contribution in [0.4, 0.5) is 9.59 Å².